The molecule has 172 valence electrons. The van der Waals surface area contributed by atoms with Gasteiger partial charge in [-0.2, -0.15) is 0 Å². The van der Waals surface area contributed by atoms with Crippen LogP contribution in [0.1, 0.15) is 5.69 Å². The molecule has 0 saturated heterocycles. The van der Waals surface area contributed by atoms with E-state index in [9.17, 15) is 0 Å². The molecule has 0 fully saturated rings. The molecule has 34 heavy (non-hydrogen) atoms. The van der Waals surface area contributed by atoms with Crippen molar-refractivity contribution in [2.45, 2.75) is 13.5 Å². The van der Waals surface area contributed by atoms with Crippen LogP contribution in [0.3, 0.4) is 0 Å². The number of nitrogens with one attached hydrogen (secondary N) is 4. The highest BCUT2D eigenvalue weighted by molar-refractivity contribution is 6.33. The Bertz CT molecular complexity index is 1630. The van der Waals surface area contributed by atoms with E-state index < -0.39 is 0 Å². The van der Waals surface area contributed by atoms with Gasteiger partial charge in [0.15, 0.2) is 5.75 Å². The highest BCUT2D eigenvalue weighted by Gasteiger charge is 2.18. The van der Waals surface area contributed by atoms with Crippen LogP contribution in [0.4, 0.5) is 5.82 Å². The molecular formula is C25H22Cl2N6O. The Kier molecular flexibility index (Phi) is 4.90. The van der Waals surface area contributed by atoms with Crippen LogP contribution in [0.2, 0.25) is 10.0 Å². The second kappa shape index (κ2) is 7.97. The molecule has 6 N–H and O–H groups in total. The number of nitrogens with two attached hydrogens (primary N) is 1. The Morgan fingerprint density at radius 3 is 2.03 bits per heavy atom. The van der Waals surface area contributed by atoms with Crippen LogP contribution in [0.15, 0.2) is 54.6 Å². The van der Waals surface area contributed by atoms with E-state index in [0.717, 1.165) is 55.1 Å². The molecule has 0 unspecified atom stereocenters. The van der Waals surface area contributed by atoms with Gasteiger partial charge in [0.25, 0.3) is 0 Å². The smallest absolute Gasteiger partial charge is 0.167 e. The topological polar surface area (TPSA) is 103 Å². The minimum Gasteiger partial charge on any atom is -0.487 e. The van der Waals surface area contributed by atoms with Gasteiger partial charge in [0, 0.05) is 48.3 Å². The summed E-state index contributed by atoms with van der Waals surface area (Å²) in [5.41, 5.74) is 10.8. The highest BCUT2D eigenvalue weighted by Crippen LogP contribution is 2.41. The highest BCUT2D eigenvalue weighted by atomic mass is 35.5. The van der Waals surface area contributed by atoms with E-state index in [1.165, 1.54) is 0 Å². The van der Waals surface area contributed by atoms with Crippen LogP contribution >= 0.6 is 23.2 Å². The summed E-state index contributed by atoms with van der Waals surface area (Å²) in [6.07, 6.45) is 0. The third-order valence-electron chi connectivity index (χ3n) is 5.99. The summed E-state index contributed by atoms with van der Waals surface area (Å²) < 4.78 is 6.44. The zero-order valence-corrected chi connectivity index (χ0v) is 19.8. The predicted octanol–water partition coefficient (Wildman–Crippen LogP) is 6.81. The zero-order chi connectivity index (χ0) is 23.4. The Morgan fingerprint density at radius 2 is 1.41 bits per heavy atom. The van der Waals surface area contributed by atoms with Gasteiger partial charge in [-0.25, -0.2) is 4.80 Å². The van der Waals surface area contributed by atoms with Gasteiger partial charge in [-0.1, -0.05) is 23.2 Å². The first-order valence-electron chi connectivity index (χ1n) is 10.9. The Morgan fingerprint density at radius 1 is 0.794 bits per heavy atom. The largest absolute Gasteiger partial charge is 0.487 e. The number of nitrogens with zero attached hydrogens (tertiary/aromatic N) is 1. The van der Waals surface area contributed by atoms with Crippen LogP contribution in [0.5, 0.6) is 5.75 Å². The first-order chi connectivity index (χ1) is 16.5. The molecule has 0 aliphatic carbocycles. The number of H-pyrrole nitrogens is 4. The minimum absolute atomic E-state index is 0.404. The lowest BCUT2D eigenvalue weighted by Crippen LogP contribution is -2.14. The molecule has 0 atom stereocenters. The monoisotopic (exact) mass is 492 g/mol. The number of anilines is 1. The number of nitrogen functional groups attached to an aromatic ring is 1. The number of benzene rings is 3. The van der Waals surface area contributed by atoms with Crippen molar-refractivity contribution in [3.63, 3.8) is 0 Å². The van der Waals surface area contributed by atoms with Gasteiger partial charge < -0.3 is 20.4 Å². The van der Waals surface area contributed by atoms with Crippen LogP contribution in [0.25, 0.3) is 43.6 Å². The van der Waals surface area contributed by atoms with E-state index in [1.54, 1.807) is 4.80 Å². The first-order valence-corrected chi connectivity index (χ1v) is 11.6. The van der Waals surface area contributed by atoms with Gasteiger partial charge in [0.1, 0.15) is 12.4 Å². The fourth-order valence-electron chi connectivity index (χ4n) is 4.48. The predicted molar refractivity (Wildman–Crippen MR) is 141 cm³/mol. The fraction of sp³-hybridized carbons (Fsp3) is 0.120. The van der Waals surface area contributed by atoms with Crippen molar-refractivity contribution in [1.29, 1.82) is 0 Å². The molecule has 0 radical (unpaired) electrons. The van der Waals surface area contributed by atoms with Crippen molar-refractivity contribution in [3.05, 3.63) is 70.3 Å². The average Bonchev–Trinajstić information content (AvgIpc) is 3.29. The summed E-state index contributed by atoms with van der Waals surface area (Å²) in [5.74, 6) is 1.30. The lowest BCUT2D eigenvalue weighted by atomic mass is 10.1. The van der Waals surface area contributed by atoms with Crippen molar-refractivity contribution < 1.29 is 4.74 Å². The maximum absolute atomic E-state index is 6.44. The van der Waals surface area contributed by atoms with Gasteiger partial charge >= 0.3 is 0 Å². The van der Waals surface area contributed by atoms with Crippen LogP contribution < -0.4 is 10.5 Å². The number of aryl methyl sites for hydroxylation is 1. The Hall–Kier alpha value is -3.68. The molecule has 0 aliphatic heterocycles. The maximum atomic E-state index is 6.44. The van der Waals surface area contributed by atoms with Gasteiger partial charge in [-0.15, -0.1) is 0 Å². The lowest BCUT2D eigenvalue weighted by Gasteiger charge is -2.11. The fourth-order valence-corrected chi connectivity index (χ4v) is 4.82. The van der Waals surface area contributed by atoms with Gasteiger partial charge in [-0.3, -0.25) is 10.2 Å². The van der Waals surface area contributed by atoms with Gasteiger partial charge in [-0.05, 0) is 61.5 Å². The molecule has 3 aromatic carbocycles. The second-order valence-corrected chi connectivity index (χ2v) is 9.25. The van der Waals surface area contributed by atoms with E-state index in [4.69, 9.17) is 33.7 Å². The second-order valence-electron chi connectivity index (χ2n) is 8.38. The lowest BCUT2D eigenvalue weighted by molar-refractivity contribution is 0.284. The third kappa shape index (κ3) is 3.54. The van der Waals surface area contributed by atoms with Crippen molar-refractivity contribution in [3.8, 4) is 5.75 Å². The quantitative estimate of drug-likeness (QED) is 0.186. The van der Waals surface area contributed by atoms with Crippen molar-refractivity contribution in [2.75, 3.05) is 12.3 Å². The third-order valence-corrected chi connectivity index (χ3v) is 6.46. The number of ether oxygens (including phenoxy) is 1. The molecule has 7 nitrogen and oxygen atoms in total. The molecule has 0 aliphatic rings. The van der Waals surface area contributed by atoms with Gasteiger partial charge in [0.2, 0.25) is 0 Å². The van der Waals surface area contributed by atoms with Crippen LogP contribution in [-0.4, -0.2) is 31.6 Å². The summed E-state index contributed by atoms with van der Waals surface area (Å²) in [6, 6.07) is 17.6. The molecule has 3 heterocycles. The molecular weight excluding hydrogens is 471 g/mol. The van der Waals surface area contributed by atoms with Crippen molar-refractivity contribution >= 4 is 72.6 Å². The molecule has 0 spiro atoms. The molecule has 0 saturated carbocycles. The summed E-state index contributed by atoms with van der Waals surface area (Å²) in [7, 11) is 0. The Labute approximate surface area is 204 Å². The number of hydrogen-bond donors (Lipinski definition) is 5. The number of hydrogen-bond acceptors (Lipinski definition) is 2. The maximum Gasteiger partial charge on any atom is 0.167 e. The average molecular weight is 493 g/mol. The Balaban J connectivity index is 1.52. The van der Waals surface area contributed by atoms with E-state index in [-0.39, 0.29) is 0 Å². The van der Waals surface area contributed by atoms with E-state index in [0.29, 0.717) is 29.0 Å². The standard InChI is InChI=1S/C25H22Cl2N6O/c1-13-2-7-22(28)32-33(31-13)8-9-34-25-23-18(16-10-14(26)3-5-20(16)29-23)12-19-17-11-15(27)4-6-21(17)30-24(19)25/h2-7,10-12,29-32H,8-9,28H2,1H3. The molecule has 6 aromatic rings. The molecule has 3 aromatic heterocycles. The van der Waals surface area contributed by atoms with E-state index in [1.807, 2.05) is 55.5 Å². The number of halogens is 2. The molecule has 0 amide bonds. The van der Waals surface area contributed by atoms with Crippen LogP contribution in [-0.2, 0) is 6.54 Å². The molecule has 6 rings (SSSR count). The summed E-state index contributed by atoms with van der Waals surface area (Å²) in [6.45, 7) is 2.91. The number of aromatic amines is 4. The van der Waals surface area contributed by atoms with E-state index >= 15 is 0 Å². The SMILES string of the molecule is Cc1ccc(N)[nH]n(CCOc2c3[nH]c4ccc(Cl)cc4c3cc3c2[nH]c2ccc(Cl)cc23)[nH]1. The number of rotatable bonds is 4. The summed E-state index contributed by atoms with van der Waals surface area (Å²) in [5, 5.41) is 11.9. The first kappa shape index (κ1) is 20.9. The molecule has 9 heteroatoms. The van der Waals surface area contributed by atoms with Crippen molar-refractivity contribution in [1.82, 2.24) is 25.0 Å². The molecule has 0 bridgehead atoms. The summed E-state index contributed by atoms with van der Waals surface area (Å²) in [4.78, 5) is 8.85. The van der Waals surface area contributed by atoms with E-state index in [2.05, 4.69) is 26.2 Å². The van der Waals surface area contributed by atoms with Gasteiger partial charge in [0.05, 0.1) is 17.6 Å². The van der Waals surface area contributed by atoms with Crippen LogP contribution in [0, 0.1) is 6.92 Å². The minimum atomic E-state index is 0.404. The number of aromatic nitrogens is 5. The van der Waals surface area contributed by atoms with Crippen molar-refractivity contribution in [2.24, 2.45) is 0 Å². The normalized spacial score (nSPS) is 11.7. The zero-order valence-electron chi connectivity index (χ0n) is 18.3. The number of fused-ring (bicyclic) bond motifs is 6. The summed E-state index contributed by atoms with van der Waals surface area (Å²) >= 11 is 12.7.